The van der Waals surface area contributed by atoms with Gasteiger partial charge in [-0.15, -0.1) is 0 Å². The minimum atomic E-state index is -0.708. The van der Waals surface area contributed by atoms with Gasteiger partial charge in [0, 0.05) is 17.7 Å². The highest BCUT2D eigenvalue weighted by molar-refractivity contribution is 6.05. The highest BCUT2D eigenvalue weighted by Gasteiger charge is 2.42. The van der Waals surface area contributed by atoms with Crippen LogP contribution in [0.1, 0.15) is 53.2 Å². The first-order valence-corrected chi connectivity index (χ1v) is 11.4. The number of anilines is 1. The van der Waals surface area contributed by atoms with E-state index >= 15 is 0 Å². The van der Waals surface area contributed by atoms with Gasteiger partial charge in [-0.25, -0.2) is 0 Å². The van der Waals surface area contributed by atoms with Crippen molar-refractivity contribution >= 4 is 23.4 Å². The summed E-state index contributed by atoms with van der Waals surface area (Å²) in [5.41, 5.74) is 3.72. The van der Waals surface area contributed by atoms with Crippen LogP contribution >= 0.6 is 0 Å². The van der Waals surface area contributed by atoms with Crippen LogP contribution in [0.15, 0.2) is 78.9 Å². The molecule has 0 aliphatic carbocycles. The lowest BCUT2D eigenvalue weighted by atomic mass is 9.72. The zero-order valence-corrected chi connectivity index (χ0v) is 18.8. The number of carbonyl (C=O) groups is 3. The van der Waals surface area contributed by atoms with E-state index in [1.54, 1.807) is 0 Å². The van der Waals surface area contributed by atoms with Crippen LogP contribution in [0.25, 0.3) is 0 Å². The summed E-state index contributed by atoms with van der Waals surface area (Å²) in [6.45, 7) is 1.96. The van der Waals surface area contributed by atoms with Crippen molar-refractivity contribution in [3.8, 4) is 0 Å². The van der Waals surface area contributed by atoms with E-state index in [2.05, 4.69) is 22.8 Å². The molecule has 5 nitrogen and oxygen atoms in total. The van der Waals surface area contributed by atoms with Crippen molar-refractivity contribution in [2.45, 2.75) is 44.4 Å². The topological polar surface area (TPSA) is 75.3 Å². The van der Waals surface area contributed by atoms with Crippen LogP contribution in [0.4, 0.5) is 5.69 Å². The molecule has 0 unspecified atom stereocenters. The van der Waals surface area contributed by atoms with Crippen molar-refractivity contribution in [3.63, 3.8) is 0 Å². The van der Waals surface area contributed by atoms with Crippen molar-refractivity contribution in [1.29, 1.82) is 0 Å². The number of hydrogen-bond donors (Lipinski definition) is 2. The van der Waals surface area contributed by atoms with Gasteiger partial charge in [0.05, 0.1) is 5.41 Å². The molecular weight excluding hydrogens is 412 g/mol. The van der Waals surface area contributed by atoms with E-state index < -0.39 is 5.41 Å². The molecule has 3 amide bonds. The van der Waals surface area contributed by atoms with Crippen LogP contribution in [-0.2, 0) is 27.8 Å². The average Bonchev–Trinajstić information content (AvgIpc) is 2.84. The molecule has 0 saturated carbocycles. The monoisotopic (exact) mass is 440 g/mol. The zero-order valence-electron chi connectivity index (χ0n) is 18.8. The number of nitrogens with one attached hydrogen (secondary N) is 2. The van der Waals surface area contributed by atoms with Crippen LogP contribution < -0.4 is 10.6 Å². The molecular formula is C28H28N2O3. The molecule has 5 heteroatoms. The van der Waals surface area contributed by atoms with Gasteiger partial charge in [0.2, 0.25) is 11.8 Å². The van der Waals surface area contributed by atoms with Gasteiger partial charge in [0.15, 0.2) is 0 Å². The normalized spacial score (nSPS) is 18.0. The third kappa shape index (κ3) is 4.87. The second-order valence-electron chi connectivity index (χ2n) is 8.49. The Balaban J connectivity index is 1.47. The molecule has 0 spiro atoms. The van der Waals surface area contributed by atoms with Crippen molar-refractivity contribution in [1.82, 2.24) is 5.32 Å². The number of amides is 3. The summed E-state index contributed by atoms with van der Waals surface area (Å²) in [5, 5.41) is 5.45. The number of aryl methyl sites for hydroxylation is 2. The molecule has 4 rings (SSSR count). The van der Waals surface area contributed by atoms with Crippen LogP contribution in [0.3, 0.4) is 0 Å². The van der Waals surface area contributed by atoms with E-state index in [0.717, 1.165) is 24.0 Å². The Morgan fingerprint density at radius 3 is 2.30 bits per heavy atom. The van der Waals surface area contributed by atoms with Gasteiger partial charge < -0.3 is 5.32 Å². The van der Waals surface area contributed by atoms with Gasteiger partial charge in [-0.1, -0.05) is 67.6 Å². The number of rotatable bonds is 7. The van der Waals surface area contributed by atoms with Gasteiger partial charge in [-0.3, -0.25) is 19.7 Å². The third-order valence-electron chi connectivity index (χ3n) is 6.55. The summed E-state index contributed by atoms with van der Waals surface area (Å²) in [5.74, 6) is -0.623. The first-order chi connectivity index (χ1) is 16.0. The van der Waals surface area contributed by atoms with E-state index in [1.165, 1.54) is 5.56 Å². The molecule has 1 atom stereocenters. The lowest BCUT2D eigenvalue weighted by molar-refractivity contribution is -0.138. The Labute approximate surface area is 194 Å². The smallest absolute Gasteiger partial charge is 0.255 e. The van der Waals surface area contributed by atoms with Gasteiger partial charge in [0.1, 0.15) is 0 Å². The molecule has 1 fully saturated rings. The number of imide groups is 1. The summed E-state index contributed by atoms with van der Waals surface area (Å²) in [7, 11) is 0. The Morgan fingerprint density at radius 2 is 1.61 bits per heavy atom. The zero-order chi connectivity index (χ0) is 23.3. The van der Waals surface area contributed by atoms with Crippen molar-refractivity contribution in [2.24, 2.45) is 0 Å². The number of hydrogen-bond acceptors (Lipinski definition) is 3. The standard InChI is InChI=1S/C28H28N2O3/c1-2-28(19-18-25(31)30-27(28)33)22-14-16-23(17-15-22)29-26(32)24-11-7-6-10-21(24)13-12-20-8-4-3-5-9-20/h3-11,14-17H,2,12-13,18-19H2,1H3,(H,29,32)(H,30,31,33)/t28-/m0/s1. The molecule has 0 radical (unpaired) electrons. The SMILES string of the molecule is CC[C@@]1(c2ccc(NC(=O)c3ccccc3CCc3ccccc3)cc2)CCC(=O)NC1=O. The molecule has 1 heterocycles. The van der Waals surface area contributed by atoms with Crippen LogP contribution in [0, 0.1) is 0 Å². The van der Waals surface area contributed by atoms with Crippen LogP contribution in [0.5, 0.6) is 0 Å². The molecule has 1 aliphatic rings. The van der Waals surface area contributed by atoms with Crippen molar-refractivity contribution < 1.29 is 14.4 Å². The fourth-order valence-electron chi connectivity index (χ4n) is 4.52. The second-order valence-corrected chi connectivity index (χ2v) is 8.49. The minimum Gasteiger partial charge on any atom is -0.322 e. The Kier molecular flexibility index (Phi) is 6.68. The molecule has 1 saturated heterocycles. The third-order valence-corrected chi connectivity index (χ3v) is 6.55. The Bertz CT molecular complexity index is 1160. The summed E-state index contributed by atoms with van der Waals surface area (Å²) < 4.78 is 0. The van der Waals surface area contributed by atoms with E-state index in [0.29, 0.717) is 30.5 Å². The van der Waals surface area contributed by atoms with Crippen molar-refractivity contribution in [2.75, 3.05) is 5.32 Å². The highest BCUT2D eigenvalue weighted by Crippen LogP contribution is 2.36. The van der Waals surface area contributed by atoms with Gasteiger partial charge >= 0.3 is 0 Å². The summed E-state index contributed by atoms with van der Waals surface area (Å²) in [6, 6.07) is 25.3. The van der Waals surface area contributed by atoms with Crippen LogP contribution in [-0.4, -0.2) is 17.7 Å². The largest absolute Gasteiger partial charge is 0.322 e. The van der Waals surface area contributed by atoms with E-state index in [-0.39, 0.29) is 17.7 Å². The Morgan fingerprint density at radius 1 is 0.909 bits per heavy atom. The summed E-state index contributed by atoms with van der Waals surface area (Å²) >= 11 is 0. The fraction of sp³-hybridized carbons (Fsp3) is 0.250. The molecule has 168 valence electrons. The predicted molar refractivity (Wildman–Crippen MR) is 129 cm³/mol. The first-order valence-electron chi connectivity index (χ1n) is 11.4. The van der Waals surface area contributed by atoms with Crippen molar-refractivity contribution in [3.05, 3.63) is 101 Å². The Hall–Kier alpha value is -3.73. The maximum Gasteiger partial charge on any atom is 0.255 e. The maximum absolute atomic E-state index is 13.0. The van der Waals surface area contributed by atoms with Gasteiger partial charge in [-0.2, -0.15) is 0 Å². The highest BCUT2D eigenvalue weighted by atomic mass is 16.2. The molecule has 0 bridgehead atoms. The average molecular weight is 441 g/mol. The summed E-state index contributed by atoms with van der Waals surface area (Å²) in [6.07, 6.45) is 3.07. The fourth-order valence-corrected chi connectivity index (χ4v) is 4.52. The molecule has 2 N–H and O–H groups in total. The van der Waals surface area contributed by atoms with E-state index in [1.807, 2.05) is 73.7 Å². The van der Waals surface area contributed by atoms with Gasteiger partial charge in [0.25, 0.3) is 5.91 Å². The summed E-state index contributed by atoms with van der Waals surface area (Å²) in [4.78, 5) is 37.2. The predicted octanol–water partition coefficient (Wildman–Crippen LogP) is 4.81. The molecule has 1 aliphatic heterocycles. The maximum atomic E-state index is 13.0. The van der Waals surface area contributed by atoms with Gasteiger partial charge in [-0.05, 0) is 60.6 Å². The lowest BCUT2D eigenvalue weighted by Gasteiger charge is -2.35. The molecule has 3 aromatic carbocycles. The lowest BCUT2D eigenvalue weighted by Crippen LogP contribution is -2.51. The second kappa shape index (κ2) is 9.82. The number of carbonyl (C=O) groups excluding carboxylic acids is 3. The molecule has 0 aromatic heterocycles. The number of benzene rings is 3. The number of piperidine rings is 1. The van der Waals surface area contributed by atoms with Crippen LogP contribution in [0.2, 0.25) is 0 Å². The quantitative estimate of drug-likeness (QED) is 0.518. The van der Waals surface area contributed by atoms with E-state index in [4.69, 9.17) is 0 Å². The minimum absolute atomic E-state index is 0.155. The first kappa shape index (κ1) is 22.5. The molecule has 3 aromatic rings. The van der Waals surface area contributed by atoms with E-state index in [9.17, 15) is 14.4 Å². The molecule has 33 heavy (non-hydrogen) atoms.